The number of nitrogens with one attached hydrogen (secondary N) is 1. The fourth-order valence-electron chi connectivity index (χ4n) is 2.41. The number of hydrogen-bond donors (Lipinski definition) is 2. The van der Waals surface area contributed by atoms with Crippen molar-refractivity contribution in [2.45, 2.75) is 38.3 Å². The molecule has 5 nitrogen and oxygen atoms in total. The highest BCUT2D eigenvalue weighted by Gasteiger charge is 2.16. The van der Waals surface area contributed by atoms with E-state index in [9.17, 15) is 4.79 Å². The van der Waals surface area contributed by atoms with Gasteiger partial charge in [-0.2, -0.15) is 0 Å². The number of aryl methyl sites for hydroxylation is 1. The summed E-state index contributed by atoms with van der Waals surface area (Å²) in [4.78, 5) is 12.0. The van der Waals surface area contributed by atoms with Crippen molar-refractivity contribution in [1.29, 1.82) is 0 Å². The summed E-state index contributed by atoms with van der Waals surface area (Å²) >= 11 is 0. The molecule has 0 radical (unpaired) electrons. The summed E-state index contributed by atoms with van der Waals surface area (Å²) in [6.45, 7) is 4.70. The van der Waals surface area contributed by atoms with Gasteiger partial charge in [-0.15, -0.1) is 0 Å². The zero-order valence-electron chi connectivity index (χ0n) is 13.2. The van der Waals surface area contributed by atoms with Crippen LogP contribution in [0, 0.1) is 6.92 Å². The molecule has 1 aliphatic heterocycles. The van der Waals surface area contributed by atoms with Gasteiger partial charge in [-0.3, -0.25) is 4.79 Å². The summed E-state index contributed by atoms with van der Waals surface area (Å²) in [6.07, 6.45) is 3.24. The van der Waals surface area contributed by atoms with Gasteiger partial charge in [0.05, 0.1) is 12.7 Å². The number of carbonyl (C=O) groups is 1. The molecule has 2 rings (SSSR count). The van der Waals surface area contributed by atoms with Crippen LogP contribution in [0.4, 0.5) is 0 Å². The summed E-state index contributed by atoms with van der Waals surface area (Å²) in [5.74, 6) is -0.150. The van der Waals surface area contributed by atoms with Gasteiger partial charge < -0.3 is 20.5 Å². The Morgan fingerprint density at radius 1 is 1.45 bits per heavy atom. The third-order valence-corrected chi connectivity index (χ3v) is 3.81. The van der Waals surface area contributed by atoms with Crippen LogP contribution in [0.2, 0.25) is 0 Å². The highest BCUT2D eigenvalue weighted by atomic mass is 16.5. The molecule has 1 aliphatic rings. The number of carbonyl (C=O) groups excluding carboxylic acids is 1. The van der Waals surface area contributed by atoms with E-state index >= 15 is 0 Å². The quantitative estimate of drug-likeness (QED) is 0.717. The molecule has 2 unspecified atom stereocenters. The van der Waals surface area contributed by atoms with Crippen LogP contribution in [0.5, 0.6) is 0 Å². The number of benzene rings is 1. The Balaban J connectivity index is 1.57. The van der Waals surface area contributed by atoms with Crippen molar-refractivity contribution in [3.8, 4) is 0 Å². The van der Waals surface area contributed by atoms with Crippen LogP contribution in [0.15, 0.2) is 24.3 Å². The van der Waals surface area contributed by atoms with Gasteiger partial charge in [-0.25, -0.2) is 0 Å². The molecule has 1 aromatic carbocycles. The first-order valence-electron chi connectivity index (χ1n) is 7.96. The molecule has 1 heterocycles. The molecule has 1 saturated heterocycles. The van der Waals surface area contributed by atoms with Crippen molar-refractivity contribution < 1.29 is 14.3 Å². The van der Waals surface area contributed by atoms with E-state index in [0.717, 1.165) is 37.0 Å². The first-order valence-corrected chi connectivity index (χ1v) is 7.96. The lowest BCUT2D eigenvalue weighted by Gasteiger charge is -2.13. The molecule has 0 bridgehead atoms. The Hall–Kier alpha value is -1.43. The zero-order chi connectivity index (χ0) is 15.8. The van der Waals surface area contributed by atoms with E-state index in [1.807, 2.05) is 31.2 Å². The maximum absolute atomic E-state index is 12.0. The number of amides is 1. The smallest absolute Gasteiger partial charge is 0.241 e. The van der Waals surface area contributed by atoms with Crippen LogP contribution in [0.1, 0.15) is 36.4 Å². The molecule has 0 saturated carbocycles. The Morgan fingerprint density at radius 2 is 2.23 bits per heavy atom. The molecule has 2 atom stereocenters. The molecular weight excluding hydrogens is 280 g/mol. The summed E-state index contributed by atoms with van der Waals surface area (Å²) in [5.41, 5.74) is 7.94. The first kappa shape index (κ1) is 16.9. The number of hydrogen-bond acceptors (Lipinski definition) is 4. The fourth-order valence-corrected chi connectivity index (χ4v) is 2.41. The maximum atomic E-state index is 12.0. The van der Waals surface area contributed by atoms with Crippen LogP contribution >= 0.6 is 0 Å². The van der Waals surface area contributed by atoms with Crippen molar-refractivity contribution in [1.82, 2.24) is 5.32 Å². The van der Waals surface area contributed by atoms with Gasteiger partial charge in [0.15, 0.2) is 0 Å². The van der Waals surface area contributed by atoms with Gasteiger partial charge in [0.25, 0.3) is 0 Å². The molecule has 1 amide bonds. The first-order chi connectivity index (χ1) is 10.7. The average molecular weight is 306 g/mol. The van der Waals surface area contributed by atoms with Crippen molar-refractivity contribution in [2.75, 3.05) is 26.4 Å². The average Bonchev–Trinajstić information content (AvgIpc) is 3.04. The lowest BCUT2D eigenvalue weighted by molar-refractivity contribution is -0.122. The SMILES string of the molecule is Cc1ccc(C(N)C(=O)NCCCOCC2CCCO2)cc1. The molecule has 1 aromatic rings. The summed E-state index contributed by atoms with van der Waals surface area (Å²) < 4.78 is 11.0. The molecule has 5 heteroatoms. The van der Waals surface area contributed by atoms with Gasteiger partial charge >= 0.3 is 0 Å². The van der Waals surface area contributed by atoms with E-state index < -0.39 is 6.04 Å². The summed E-state index contributed by atoms with van der Waals surface area (Å²) in [7, 11) is 0. The Morgan fingerprint density at radius 3 is 2.91 bits per heavy atom. The van der Waals surface area contributed by atoms with Crippen molar-refractivity contribution >= 4 is 5.91 Å². The Labute approximate surface area is 132 Å². The molecule has 0 aliphatic carbocycles. The van der Waals surface area contributed by atoms with E-state index in [4.69, 9.17) is 15.2 Å². The number of rotatable bonds is 8. The lowest BCUT2D eigenvalue weighted by atomic mass is 10.1. The van der Waals surface area contributed by atoms with E-state index in [2.05, 4.69) is 5.32 Å². The predicted molar refractivity (Wildman–Crippen MR) is 85.5 cm³/mol. The van der Waals surface area contributed by atoms with Crippen LogP contribution in [-0.4, -0.2) is 38.4 Å². The minimum absolute atomic E-state index is 0.150. The second-order valence-corrected chi connectivity index (χ2v) is 5.74. The van der Waals surface area contributed by atoms with E-state index in [1.165, 1.54) is 0 Å². The topological polar surface area (TPSA) is 73.6 Å². The normalized spacial score (nSPS) is 19.1. The molecule has 122 valence electrons. The molecule has 22 heavy (non-hydrogen) atoms. The minimum atomic E-state index is -0.617. The van der Waals surface area contributed by atoms with E-state index in [0.29, 0.717) is 19.8 Å². The molecule has 0 spiro atoms. The second-order valence-electron chi connectivity index (χ2n) is 5.74. The van der Waals surface area contributed by atoms with Crippen LogP contribution in [0.25, 0.3) is 0 Å². The van der Waals surface area contributed by atoms with Gasteiger partial charge in [0, 0.05) is 19.8 Å². The third kappa shape index (κ3) is 5.40. The fraction of sp³-hybridized carbons (Fsp3) is 0.588. The van der Waals surface area contributed by atoms with Gasteiger partial charge in [-0.05, 0) is 31.7 Å². The molecule has 1 fully saturated rings. The van der Waals surface area contributed by atoms with E-state index in [1.54, 1.807) is 0 Å². The highest BCUT2D eigenvalue weighted by Crippen LogP contribution is 2.12. The van der Waals surface area contributed by atoms with Crippen LogP contribution < -0.4 is 11.1 Å². The summed E-state index contributed by atoms with van der Waals surface area (Å²) in [6, 6.07) is 7.09. The monoisotopic (exact) mass is 306 g/mol. The van der Waals surface area contributed by atoms with Crippen molar-refractivity contribution in [2.24, 2.45) is 5.73 Å². The molecule has 0 aromatic heterocycles. The standard InChI is InChI=1S/C17H26N2O3/c1-13-5-7-14(8-6-13)16(18)17(20)19-9-3-10-21-12-15-4-2-11-22-15/h5-8,15-16H,2-4,9-12,18H2,1H3,(H,19,20). The van der Waals surface area contributed by atoms with Gasteiger partial charge in [0.2, 0.25) is 5.91 Å². The third-order valence-electron chi connectivity index (χ3n) is 3.81. The van der Waals surface area contributed by atoms with E-state index in [-0.39, 0.29) is 12.0 Å². The Kier molecular flexibility index (Phi) is 6.83. The molecule has 3 N–H and O–H groups in total. The maximum Gasteiger partial charge on any atom is 0.241 e. The van der Waals surface area contributed by atoms with Crippen molar-refractivity contribution in [3.05, 3.63) is 35.4 Å². The predicted octanol–water partition coefficient (Wildman–Crippen LogP) is 1.70. The van der Waals surface area contributed by atoms with Gasteiger partial charge in [-0.1, -0.05) is 29.8 Å². The minimum Gasteiger partial charge on any atom is -0.379 e. The van der Waals surface area contributed by atoms with Crippen LogP contribution in [-0.2, 0) is 14.3 Å². The highest BCUT2D eigenvalue weighted by molar-refractivity contribution is 5.82. The number of nitrogens with two attached hydrogens (primary N) is 1. The Bertz CT molecular complexity index is 455. The zero-order valence-corrected chi connectivity index (χ0v) is 13.2. The largest absolute Gasteiger partial charge is 0.379 e. The summed E-state index contributed by atoms with van der Waals surface area (Å²) in [5, 5.41) is 2.85. The van der Waals surface area contributed by atoms with Crippen molar-refractivity contribution in [3.63, 3.8) is 0 Å². The lowest BCUT2D eigenvalue weighted by Crippen LogP contribution is -2.35. The van der Waals surface area contributed by atoms with Gasteiger partial charge in [0.1, 0.15) is 6.04 Å². The van der Waals surface area contributed by atoms with Crippen LogP contribution in [0.3, 0.4) is 0 Å². The number of ether oxygens (including phenoxy) is 2. The molecular formula is C17H26N2O3. The second kappa shape index (κ2) is 8.88.